The third-order valence-corrected chi connectivity index (χ3v) is 4.69. The number of hydrogen-bond donors (Lipinski definition) is 1. The van der Waals surface area contributed by atoms with Crippen molar-refractivity contribution in [1.29, 1.82) is 0 Å². The van der Waals surface area contributed by atoms with Crippen LogP contribution >= 0.6 is 0 Å². The highest BCUT2D eigenvalue weighted by Gasteiger charge is 2.22. The lowest BCUT2D eigenvalue weighted by molar-refractivity contribution is 0.0697. The molecule has 1 fully saturated rings. The molecule has 1 aromatic carbocycles. The van der Waals surface area contributed by atoms with Gasteiger partial charge in [0.15, 0.2) is 0 Å². The molecule has 1 aliphatic rings. The third-order valence-electron chi connectivity index (χ3n) is 4.69. The smallest absolute Gasteiger partial charge is 0.335 e. The molecule has 1 aliphatic heterocycles. The first-order chi connectivity index (χ1) is 12.1. The van der Waals surface area contributed by atoms with Crippen LogP contribution in [0.15, 0.2) is 30.6 Å². The highest BCUT2D eigenvalue weighted by molar-refractivity contribution is 5.87. The maximum atomic E-state index is 11.0. The van der Waals surface area contributed by atoms with Gasteiger partial charge in [-0.1, -0.05) is 12.1 Å². The number of benzene rings is 1. The Morgan fingerprint density at radius 1 is 1.20 bits per heavy atom. The van der Waals surface area contributed by atoms with E-state index in [1.807, 2.05) is 23.6 Å². The number of anilines is 1. The van der Waals surface area contributed by atoms with Crippen LogP contribution in [-0.2, 0) is 6.42 Å². The molecule has 25 heavy (non-hydrogen) atoms. The van der Waals surface area contributed by atoms with Crippen molar-refractivity contribution in [1.82, 2.24) is 19.6 Å². The van der Waals surface area contributed by atoms with Gasteiger partial charge in [-0.25, -0.2) is 9.78 Å². The minimum Gasteiger partial charge on any atom is -0.478 e. The zero-order valence-electron chi connectivity index (χ0n) is 14.0. The van der Waals surface area contributed by atoms with E-state index < -0.39 is 5.97 Å². The number of aromatic nitrogens is 4. The van der Waals surface area contributed by atoms with E-state index in [1.54, 1.807) is 12.1 Å². The number of aryl methyl sites for hydroxylation is 1. The van der Waals surface area contributed by atoms with E-state index in [-0.39, 0.29) is 0 Å². The second-order valence-corrected chi connectivity index (χ2v) is 6.34. The van der Waals surface area contributed by atoms with Gasteiger partial charge >= 0.3 is 5.97 Å². The molecule has 0 unspecified atom stereocenters. The van der Waals surface area contributed by atoms with Crippen molar-refractivity contribution in [3.63, 3.8) is 0 Å². The first-order valence-corrected chi connectivity index (χ1v) is 8.40. The molecule has 128 valence electrons. The Morgan fingerprint density at radius 3 is 2.60 bits per heavy atom. The van der Waals surface area contributed by atoms with Gasteiger partial charge < -0.3 is 10.0 Å². The summed E-state index contributed by atoms with van der Waals surface area (Å²) in [5.41, 5.74) is 3.40. The summed E-state index contributed by atoms with van der Waals surface area (Å²) < 4.78 is 1.82. The quantitative estimate of drug-likeness (QED) is 0.786. The number of fused-ring (bicyclic) bond motifs is 1. The van der Waals surface area contributed by atoms with Crippen molar-refractivity contribution in [3.8, 4) is 0 Å². The lowest BCUT2D eigenvalue weighted by Gasteiger charge is -2.23. The summed E-state index contributed by atoms with van der Waals surface area (Å²) in [7, 11) is 0. The number of hydrogen-bond acceptors (Lipinski definition) is 5. The third kappa shape index (κ3) is 2.82. The first-order valence-electron chi connectivity index (χ1n) is 8.40. The lowest BCUT2D eigenvalue weighted by Crippen LogP contribution is -2.24. The number of carbonyl (C=O) groups is 1. The second kappa shape index (κ2) is 6.16. The molecule has 1 N–H and O–H groups in total. The van der Waals surface area contributed by atoms with Gasteiger partial charge in [0.25, 0.3) is 5.78 Å². The molecule has 0 amide bonds. The normalized spacial score (nSPS) is 14.4. The van der Waals surface area contributed by atoms with Crippen molar-refractivity contribution in [3.05, 3.63) is 53.0 Å². The van der Waals surface area contributed by atoms with Gasteiger partial charge in [-0.2, -0.15) is 14.6 Å². The standard InChI is InChI=1S/C18H19N5O2/c1-12-15(10-13-4-6-14(7-5-13)17(24)25)16(22-8-2-3-9-22)23-18(21-12)19-11-20-23/h4-7,11H,2-3,8-10H2,1H3,(H,24,25). The van der Waals surface area contributed by atoms with Crippen LogP contribution in [-0.4, -0.2) is 43.7 Å². The Morgan fingerprint density at radius 2 is 1.92 bits per heavy atom. The monoisotopic (exact) mass is 337 g/mol. The van der Waals surface area contributed by atoms with Crippen LogP contribution in [0.4, 0.5) is 5.82 Å². The fourth-order valence-electron chi connectivity index (χ4n) is 3.40. The van der Waals surface area contributed by atoms with Gasteiger partial charge in [0, 0.05) is 30.8 Å². The summed E-state index contributed by atoms with van der Waals surface area (Å²) in [6, 6.07) is 7.01. The molecule has 3 heterocycles. The van der Waals surface area contributed by atoms with E-state index in [2.05, 4.69) is 20.0 Å². The topological polar surface area (TPSA) is 83.6 Å². The molecule has 0 bridgehead atoms. The summed E-state index contributed by atoms with van der Waals surface area (Å²) in [5.74, 6) is 0.760. The first kappa shape index (κ1) is 15.6. The molecule has 3 aromatic rings. The average molecular weight is 337 g/mol. The van der Waals surface area contributed by atoms with E-state index in [9.17, 15) is 4.79 Å². The van der Waals surface area contributed by atoms with Crippen LogP contribution in [0, 0.1) is 6.92 Å². The van der Waals surface area contributed by atoms with E-state index in [1.165, 1.54) is 19.2 Å². The van der Waals surface area contributed by atoms with Gasteiger partial charge in [-0.3, -0.25) is 0 Å². The van der Waals surface area contributed by atoms with Crippen molar-refractivity contribution in [2.75, 3.05) is 18.0 Å². The van der Waals surface area contributed by atoms with Crippen LogP contribution in [0.25, 0.3) is 5.78 Å². The Labute approximate surface area is 144 Å². The summed E-state index contributed by atoms with van der Waals surface area (Å²) >= 11 is 0. The Balaban J connectivity index is 1.78. The second-order valence-electron chi connectivity index (χ2n) is 6.34. The zero-order valence-corrected chi connectivity index (χ0v) is 14.0. The maximum absolute atomic E-state index is 11.0. The van der Waals surface area contributed by atoms with E-state index in [4.69, 9.17) is 5.11 Å². The molecule has 7 nitrogen and oxygen atoms in total. The Bertz CT molecular complexity index is 927. The zero-order chi connectivity index (χ0) is 17.4. The molecule has 0 aliphatic carbocycles. The molecular weight excluding hydrogens is 318 g/mol. The van der Waals surface area contributed by atoms with Gasteiger partial charge in [0.05, 0.1) is 5.56 Å². The van der Waals surface area contributed by atoms with Crippen molar-refractivity contribution < 1.29 is 9.90 Å². The molecule has 0 spiro atoms. The molecule has 1 saturated heterocycles. The number of carboxylic acid groups (broad SMARTS) is 1. The van der Waals surface area contributed by atoms with Crippen molar-refractivity contribution in [2.45, 2.75) is 26.2 Å². The SMILES string of the molecule is Cc1nc2ncnn2c(N2CCCC2)c1Cc1ccc(C(=O)O)cc1. The van der Waals surface area contributed by atoms with Gasteiger partial charge in [0.2, 0.25) is 0 Å². The molecule has 0 saturated carbocycles. The van der Waals surface area contributed by atoms with Crippen molar-refractivity contribution >= 4 is 17.6 Å². The fourth-order valence-corrected chi connectivity index (χ4v) is 3.40. The number of aromatic carboxylic acids is 1. The number of carboxylic acids is 1. The van der Waals surface area contributed by atoms with E-state index in [0.717, 1.165) is 35.7 Å². The van der Waals surface area contributed by atoms with Crippen LogP contribution in [0.3, 0.4) is 0 Å². The predicted molar refractivity (Wildman–Crippen MR) is 93.2 cm³/mol. The minimum atomic E-state index is -0.911. The van der Waals surface area contributed by atoms with Gasteiger partial charge in [-0.15, -0.1) is 0 Å². The van der Waals surface area contributed by atoms with Crippen LogP contribution in [0.1, 0.15) is 40.0 Å². The molecular formula is C18H19N5O2. The molecule has 7 heteroatoms. The Hall–Kier alpha value is -2.96. The van der Waals surface area contributed by atoms with Crippen LogP contribution in [0.2, 0.25) is 0 Å². The summed E-state index contributed by atoms with van der Waals surface area (Å²) in [4.78, 5) is 22.2. The molecule has 4 rings (SSSR count). The van der Waals surface area contributed by atoms with Crippen LogP contribution < -0.4 is 4.90 Å². The van der Waals surface area contributed by atoms with Crippen molar-refractivity contribution in [2.24, 2.45) is 0 Å². The maximum Gasteiger partial charge on any atom is 0.335 e. The predicted octanol–water partition coefficient (Wildman–Crippen LogP) is 2.32. The van der Waals surface area contributed by atoms with Gasteiger partial charge in [0.1, 0.15) is 12.1 Å². The average Bonchev–Trinajstić information content (AvgIpc) is 3.27. The summed E-state index contributed by atoms with van der Waals surface area (Å²) in [6.45, 7) is 4.00. The van der Waals surface area contributed by atoms with Crippen LogP contribution in [0.5, 0.6) is 0 Å². The highest BCUT2D eigenvalue weighted by atomic mass is 16.4. The number of rotatable bonds is 4. The molecule has 0 atom stereocenters. The van der Waals surface area contributed by atoms with E-state index >= 15 is 0 Å². The lowest BCUT2D eigenvalue weighted by atomic mass is 10.0. The molecule has 2 aromatic heterocycles. The largest absolute Gasteiger partial charge is 0.478 e. The Kier molecular flexibility index (Phi) is 3.83. The molecule has 0 radical (unpaired) electrons. The van der Waals surface area contributed by atoms with Gasteiger partial charge in [-0.05, 0) is 37.5 Å². The summed E-state index contributed by atoms with van der Waals surface area (Å²) in [6.07, 6.45) is 4.56. The number of nitrogens with zero attached hydrogens (tertiary/aromatic N) is 5. The fraction of sp³-hybridized carbons (Fsp3) is 0.333. The minimum absolute atomic E-state index is 0.296. The summed E-state index contributed by atoms with van der Waals surface area (Å²) in [5, 5.41) is 13.4. The highest BCUT2D eigenvalue weighted by Crippen LogP contribution is 2.28. The van der Waals surface area contributed by atoms with E-state index in [0.29, 0.717) is 17.8 Å².